The lowest BCUT2D eigenvalue weighted by Gasteiger charge is -2.11. The number of hydrogen-bond acceptors (Lipinski definition) is 4. The van der Waals surface area contributed by atoms with Crippen molar-refractivity contribution in [1.82, 2.24) is 9.97 Å². The van der Waals surface area contributed by atoms with Gasteiger partial charge in [0.2, 0.25) is 0 Å². The van der Waals surface area contributed by atoms with Gasteiger partial charge in [-0.15, -0.1) is 0 Å². The SMILES string of the molecule is Cc1ccc(-c2cc(C(=O)Nc3nc4ccccc4s3)c3ccccc3n2)cc1C. The number of pyridine rings is 1. The van der Waals surface area contributed by atoms with Crippen molar-refractivity contribution in [1.29, 1.82) is 0 Å². The minimum atomic E-state index is -0.183. The zero-order chi connectivity index (χ0) is 20.7. The second kappa shape index (κ2) is 7.35. The summed E-state index contributed by atoms with van der Waals surface area (Å²) in [4.78, 5) is 22.6. The van der Waals surface area contributed by atoms with Crippen molar-refractivity contribution in [3.05, 3.63) is 89.5 Å². The first-order chi connectivity index (χ1) is 14.6. The lowest BCUT2D eigenvalue weighted by molar-refractivity contribution is 0.102. The lowest BCUT2D eigenvalue weighted by atomic mass is 10.0. The molecule has 0 aliphatic heterocycles. The van der Waals surface area contributed by atoms with Gasteiger partial charge < -0.3 is 0 Å². The zero-order valence-corrected chi connectivity index (χ0v) is 17.5. The van der Waals surface area contributed by atoms with Gasteiger partial charge in [-0.1, -0.05) is 53.8 Å². The molecule has 0 saturated carbocycles. The van der Waals surface area contributed by atoms with Crippen LogP contribution in [-0.4, -0.2) is 15.9 Å². The highest BCUT2D eigenvalue weighted by molar-refractivity contribution is 7.22. The van der Waals surface area contributed by atoms with Gasteiger partial charge in [-0.25, -0.2) is 9.97 Å². The van der Waals surface area contributed by atoms with Crippen molar-refractivity contribution in [3.8, 4) is 11.3 Å². The Morgan fingerprint density at radius 3 is 2.40 bits per heavy atom. The molecule has 0 aliphatic carbocycles. The third-order valence-electron chi connectivity index (χ3n) is 5.28. The molecule has 4 nitrogen and oxygen atoms in total. The summed E-state index contributed by atoms with van der Waals surface area (Å²) in [5, 5.41) is 4.39. The highest BCUT2D eigenvalue weighted by atomic mass is 32.1. The van der Waals surface area contributed by atoms with E-state index in [0.717, 1.165) is 32.4 Å². The second-order valence-electron chi connectivity index (χ2n) is 7.31. The summed E-state index contributed by atoms with van der Waals surface area (Å²) in [6, 6.07) is 23.7. The maximum atomic E-state index is 13.2. The van der Waals surface area contributed by atoms with E-state index in [1.807, 2.05) is 54.6 Å². The smallest absolute Gasteiger partial charge is 0.258 e. The van der Waals surface area contributed by atoms with E-state index in [0.29, 0.717) is 10.7 Å². The minimum absolute atomic E-state index is 0.183. The predicted molar refractivity (Wildman–Crippen MR) is 124 cm³/mol. The van der Waals surface area contributed by atoms with E-state index >= 15 is 0 Å². The molecule has 2 heterocycles. The van der Waals surface area contributed by atoms with Crippen LogP contribution in [-0.2, 0) is 0 Å². The fourth-order valence-electron chi connectivity index (χ4n) is 3.50. The van der Waals surface area contributed by atoms with Crippen molar-refractivity contribution in [3.63, 3.8) is 0 Å². The van der Waals surface area contributed by atoms with Crippen LogP contribution < -0.4 is 5.32 Å². The van der Waals surface area contributed by atoms with Gasteiger partial charge in [0.1, 0.15) is 0 Å². The molecule has 2 aromatic heterocycles. The highest BCUT2D eigenvalue weighted by Crippen LogP contribution is 2.29. The number of aryl methyl sites for hydroxylation is 2. The molecule has 0 saturated heterocycles. The number of carbonyl (C=O) groups excluding carboxylic acids is 1. The Labute approximate surface area is 178 Å². The van der Waals surface area contributed by atoms with E-state index in [1.165, 1.54) is 22.5 Å². The van der Waals surface area contributed by atoms with Gasteiger partial charge in [0.05, 0.1) is 27.0 Å². The van der Waals surface area contributed by atoms with Crippen LogP contribution >= 0.6 is 11.3 Å². The molecule has 0 aliphatic rings. The molecule has 1 N–H and O–H groups in total. The number of carbonyl (C=O) groups is 1. The fourth-order valence-corrected chi connectivity index (χ4v) is 4.36. The molecular formula is C25H19N3OS. The average Bonchev–Trinajstić information content (AvgIpc) is 3.17. The maximum absolute atomic E-state index is 13.2. The molecule has 0 bridgehead atoms. The number of rotatable bonds is 3. The van der Waals surface area contributed by atoms with E-state index in [2.05, 4.69) is 42.3 Å². The molecule has 5 heteroatoms. The van der Waals surface area contributed by atoms with Gasteiger partial charge in [-0.05, 0) is 55.3 Å². The zero-order valence-electron chi connectivity index (χ0n) is 16.6. The summed E-state index contributed by atoms with van der Waals surface area (Å²) in [5.74, 6) is -0.183. The van der Waals surface area contributed by atoms with Crippen molar-refractivity contribution in [2.75, 3.05) is 5.32 Å². The number of amides is 1. The van der Waals surface area contributed by atoms with Crippen LogP contribution in [0, 0.1) is 13.8 Å². The van der Waals surface area contributed by atoms with Crippen LogP contribution in [0.25, 0.3) is 32.4 Å². The summed E-state index contributed by atoms with van der Waals surface area (Å²) < 4.78 is 1.04. The fraction of sp³-hybridized carbons (Fsp3) is 0.0800. The van der Waals surface area contributed by atoms with Crippen molar-refractivity contribution >= 4 is 43.5 Å². The third-order valence-corrected chi connectivity index (χ3v) is 6.23. The van der Waals surface area contributed by atoms with Gasteiger partial charge in [0.25, 0.3) is 5.91 Å². The van der Waals surface area contributed by atoms with Crippen LogP contribution in [0.4, 0.5) is 5.13 Å². The first kappa shape index (κ1) is 18.5. The Morgan fingerprint density at radius 1 is 0.833 bits per heavy atom. The Hall–Kier alpha value is -3.57. The van der Waals surface area contributed by atoms with E-state index in [4.69, 9.17) is 4.98 Å². The number of thiazole rings is 1. The molecular weight excluding hydrogens is 390 g/mol. The molecule has 5 rings (SSSR count). The molecule has 30 heavy (non-hydrogen) atoms. The summed E-state index contributed by atoms with van der Waals surface area (Å²) in [6.45, 7) is 4.17. The third kappa shape index (κ3) is 3.33. The minimum Gasteiger partial charge on any atom is -0.298 e. The number of para-hydroxylation sites is 2. The van der Waals surface area contributed by atoms with Crippen molar-refractivity contribution in [2.45, 2.75) is 13.8 Å². The van der Waals surface area contributed by atoms with Gasteiger partial charge in [-0.2, -0.15) is 0 Å². The highest BCUT2D eigenvalue weighted by Gasteiger charge is 2.16. The Bertz CT molecular complexity index is 1390. The average molecular weight is 410 g/mol. The molecule has 5 aromatic rings. The predicted octanol–water partition coefficient (Wildman–Crippen LogP) is 6.38. The van der Waals surface area contributed by atoms with Crippen molar-refractivity contribution in [2.24, 2.45) is 0 Å². The quantitative estimate of drug-likeness (QED) is 0.376. The van der Waals surface area contributed by atoms with E-state index in [-0.39, 0.29) is 5.91 Å². The largest absolute Gasteiger partial charge is 0.298 e. The molecule has 3 aromatic carbocycles. The number of benzene rings is 3. The summed E-state index contributed by atoms with van der Waals surface area (Å²) in [7, 11) is 0. The summed E-state index contributed by atoms with van der Waals surface area (Å²) >= 11 is 1.47. The molecule has 0 radical (unpaired) electrons. The number of anilines is 1. The molecule has 0 fully saturated rings. The Balaban J connectivity index is 1.59. The van der Waals surface area contributed by atoms with E-state index < -0.39 is 0 Å². The number of nitrogens with zero attached hydrogens (tertiary/aromatic N) is 2. The van der Waals surface area contributed by atoms with Gasteiger partial charge in [0.15, 0.2) is 5.13 Å². The molecule has 146 valence electrons. The molecule has 1 amide bonds. The van der Waals surface area contributed by atoms with E-state index in [9.17, 15) is 4.79 Å². The van der Waals surface area contributed by atoms with Gasteiger partial charge >= 0.3 is 0 Å². The normalized spacial score (nSPS) is 11.1. The van der Waals surface area contributed by atoms with E-state index in [1.54, 1.807) is 0 Å². The van der Waals surface area contributed by atoms with Crippen LogP contribution in [0.5, 0.6) is 0 Å². The number of hydrogen-bond donors (Lipinski definition) is 1. The standard InChI is InChI=1S/C25H19N3OS/c1-15-11-12-17(13-16(15)2)22-14-19(18-7-3-4-8-20(18)26-22)24(29)28-25-27-21-9-5-6-10-23(21)30-25/h3-14H,1-2H3,(H,27,28,29). The van der Waals surface area contributed by atoms with Crippen LogP contribution in [0.15, 0.2) is 72.8 Å². The maximum Gasteiger partial charge on any atom is 0.258 e. The Morgan fingerprint density at radius 2 is 1.60 bits per heavy atom. The van der Waals surface area contributed by atoms with Crippen molar-refractivity contribution < 1.29 is 4.79 Å². The Kier molecular flexibility index (Phi) is 4.52. The van der Waals surface area contributed by atoms with Gasteiger partial charge in [-0.3, -0.25) is 10.1 Å². The summed E-state index contributed by atoms with van der Waals surface area (Å²) in [6.07, 6.45) is 0. The van der Waals surface area contributed by atoms with Gasteiger partial charge in [0, 0.05) is 10.9 Å². The van der Waals surface area contributed by atoms with Crippen LogP contribution in [0.3, 0.4) is 0 Å². The van der Waals surface area contributed by atoms with Crippen LogP contribution in [0.1, 0.15) is 21.5 Å². The number of nitrogens with one attached hydrogen (secondary N) is 1. The topological polar surface area (TPSA) is 54.9 Å². The lowest BCUT2D eigenvalue weighted by Crippen LogP contribution is -2.13. The summed E-state index contributed by atoms with van der Waals surface area (Å²) in [5.41, 5.74) is 6.48. The monoisotopic (exact) mass is 409 g/mol. The molecule has 0 spiro atoms. The number of fused-ring (bicyclic) bond motifs is 2. The molecule has 0 atom stereocenters. The first-order valence-electron chi connectivity index (χ1n) is 9.73. The number of aromatic nitrogens is 2. The second-order valence-corrected chi connectivity index (χ2v) is 8.34. The molecule has 0 unspecified atom stereocenters. The first-order valence-corrected chi connectivity index (χ1v) is 10.5. The van der Waals surface area contributed by atoms with Crippen LogP contribution in [0.2, 0.25) is 0 Å².